The summed E-state index contributed by atoms with van der Waals surface area (Å²) < 4.78 is 0. The van der Waals surface area contributed by atoms with Crippen molar-refractivity contribution in [1.82, 2.24) is 20.2 Å². The van der Waals surface area contributed by atoms with Gasteiger partial charge >= 0.3 is 0 Å². The molecule has 1 aliphatic carbocycles. The molecule has 1 amide bonds. The minimum absolute atomic E-state index is 0.0428. The van der Waals surface area contributed by atoms with E-state index in [-0.39, 0.29) is 5.91 Å². The zero-order valence-electron chi connectivity index (χ0n) is 11.1. The standard InChI is InChI=1S/C14H20N4O/c19-14(13-9-16-6-7-17-13)18(12-3-4-12)10-11-2-1-5-15-8-11/h6-7,9,11-12,15H,1-5,8,10H2. The molecule has 2 fully saturated rings. The fraction of sp³-hybridized carbons (Fsp3) is 0.643. The van der Waals surface area contributed by atoms with E-state index >= 15 is 0 Å². The van der Waals surface area contributed by atoms with Gasteiger partial charge in [-0.05, 0) is 44.7 Å². The van der Waals surface area contributed by atoms with Gasteiger partial charge in [0.25, 0.3) is 5.91 Å². The molecule has 0 radical (unpaired) electrons. The maximum atomic E-state index is 12.5. The number of hydrogen-bond acceptors (Lipinski definition) is 4. The summed E-state index contributed by atoms with van der Waals surface area (Å²) in [5, 5.41) is 3.41. The summed E-state index contributed by atoms with van der Waals surface area (Å²) in [5.41, 5.74) is 0.471. The van der Waals surface area contributed by atoms with Crippen molar-refractivity contribution in [3.8, 4) is 0 Å². The maximum Gasteiger partial charge on any atom is 0.274 e. The van der Waals surface area contributed by atoms with Gasteiger partial charge in [0.1, 0.15) is 5.69 Å². The van der Waals surface area contributed by atoms with E-state index in [9.17, 15) is 4.79 Å². The second kappa shape index (κ2) is 5.65. The third-order valence-electron chi connectivity index (χ3n) is 3.88. The number of nitrogens with zero attached hydrogens (tertiary/aromatic N) is 3. The van der Waals surface area contributed by atoms with Crippen LogP contribution in [0.15, 0.2) is 18.6 Å². The third-order valence-corrected chi connectivity index (χ3v) is 3.88. The van der Waals surface area contributed by atoms with E-state index in [0.29, 0.717) is 17.7 Å². The summed E-state index contributed by atoms with van der Waals surface area (Å²) in [6.07, 6.45) is 9.44. The Balaban J connectivity index is 1.68. The molecule has 1 saturated heterocycles. The number of piperidine rings is 1. The van der Waals surface area contributed by atoms with Crippen LogP contribution >= 0.6 is 0 Å². The molecule has 1 unspecified atom stereocenters. The Morgan fingerprint density at radius 3 is 2.89 bits per heavy atom. The average molecular weight is 260 g/mol. The third kappa shape index (κ3) is 3.10. The van der Waals surface area contributed by atoms with Crippen LogP contribution in [0.1, 0.15) is 36.2 Å². The molecule has 1 N–H and O–H groups in total. The lowest BCUT2D eigenvalue weighted by molar-refractivity contribution is 0.0697. The number of aromatic nitrogens is 2. The Kier molecular flexibility index (Phi) is 3.73. The average Bonchev–Trinajstić information content (AvgIpc) is 3.31. The SMILES string of the molecule is O=C(c1cnccn1)N(CC1CCCNC1)C1CC1. The van der Waals surface area contributed by atoms with Crippen molar-refractivity contribution >= 4 is 5.91 Å². The lowest BCUT2D eigenvalue weighted by Gasteiger charge is -2.30. The second-order valence-electron chi connectivity index (χ2n) is 5.49. The quantitative estimate of drug-likeness (QED) is 0.880. The number of amides is 1. The van der Waals surface area contributed by atoms with Crippen molar-refractivity contribution in [2.75, 3.05) is 19.6 Å². The minimum atomic E-state index is 0.0428. The van der Waals surface area contributed by atoms with Gasteiger partial charge in [0.2, 0.25) is 0 Å². The number of carbonyl (C=O) groups is 1. The topological polar surface area (TPSA) is 58.1 Å². The molecule has 2 aliphatic rings. The van der Waals surface area contributed by atoms with Gasteiger partial charge in [0, 0.05) is 25.0 Å². The zero-order chi connectivity index (χ0) is 13.1. The molecule has 0 bridgehead atoms. The first kappa shape index (κ1) is 12.5. The Hall–Kier alpha value is -1.49. The molecule has 5 nitrogen and oxygen atoms in total. The lowest BCUT2D eigenvalue weighted by atomic mass is 9.99. The van der Waals surface area contributed by atoms with Crippen LogP contribution in [0.5, 0.6) is 0 Å². The van der Waals surface area contributed by atoms with Crippen molar-refractivity contribution in [1.29, 1.82) is 0 Å². The van der Waals surface area contributed by atoms with Crippen molar-refractivity contribution in [2.24, 2.45) is 5.92 Å². The molecule has 0 aromatic carbocycles. The van der Waals surface area contributed by atoms with Gasteiger partial charge in [0.15, 0.2) is 0 Å². The molecule has 2 heterocycles. The highest BCUT2D eigenvalue weighted by Gasteiger charge is 2.35. The molecular weight excluding hydrogens is 240 g/mol. The molecule has 19 heavy (non-hydrogen) atoms. The molecule has 102 valence electrons. The molecule has 5 heteroatoms. The second-order valence-corrected chi connectivity index (χ2v) is 5.49. The van der Waals surface area contributed by atoms with Gasteiger partial charge in [-0.1, -0.05) is 0 Å². The first-order chi connectivity index (χ1) is 9.34. The van der Waals surface area contributed by atoms with Gasteiger partial charge in [-0.2, -0.15) is 0 Å². The summed E-state index contributed by atoms with van der Waals surface area (Å²) in [4.78, 5) is 22.6. The van der Waals surface area contributed by atoms with E-state index in [2.05, 4.69) is 15.3 Å². The smallest absolute Gasteiger partial charge is 0.274 e. The van der Waals surface area contributed by atoms with Crippen LogP contribution in [0.2, 0.25) is 0 Å². The summed E-state index contributed by atoms with van der Waals surface area (Å²) in [6, 6.07) is 0.427. The van der Waals surface area contributed by atoms with Crippen LogP contribution in [0.4, 0.5) is 0 Å². The Morgan fingerprint density at radius 2 is 2.26 bits per heavy atom. The van der Waals surface area contributed by atoms with Crippen LogP contribution < -0.4 is 5.32 Å². The number of rotatable bonds is 4. The van der Waals surface area contributed by atoms with E-state index in [1.807, 2.05) is 4.90 Å². The molecule has 3 rings (SSSR count). The summed E-state index contributed by atoms with van der Waals surface area (Å²) in [6.45, 7) is 2.99. The predicted octanol–water partition coefficient (Wildman–Crippen LogP) is 1.08. The molecule has 0 spiro atoms. The Bertz CT molecular complexity index is 426. The van der Waals surface area contributed by atoms with Crippen LogP contribution in [0, 0.1) is 5.92 Å². The molecule has 1 aromatic rings. The van der Waals surface area contributed by atoms with E-state index in [1.165, 1.54) is 12.8 Å². The molecule has 1 saturated carbocycles. The Morgan fingerprint density at radius 1 is 1.37 bits per heavy atom. The largest absolute Gasteiger partial charge is 0.334 e. The number of hydrogen-bond donors (Lipinski definition) is 1. The first-order valence-corrected chi connectivity index (χ1v) is 7.12. The van der Waals surface area contributed by atoms with Crippen molar-refractivity contribution in [2.45, 2.75) is 31.7 Å². The van der Waals surface area contributed by atoms with Gasteiger partial charge in [0.05, 0.1) is 6.20 Å². The van der Waals surface area contributed by atoms with Gasteiger partial charge < -0.3 is 10.2 Å². The number of carbonyl (C=O) groups excluding carboxylic acids is 1. The van der Waals surface area contributed by atoms with Crippen molar-refractivity contribution in [3.05, 3.63) is 24.3 Å². The van der Waals surface area contributed by atoms with E-state index in [1.54, 1.807) is 18.6 Å². The van der Waals surface area contributed by atoms with Crippen LogP contribution in [-0.4, -0.2) is 46.5 Å². The summed E-state index contributed by atoms with van der Waals surface area (Å²) >= 11 is 0. The maximum absolute atomic E-state index is 12.5. The molecule has 1 aliphatic heterocycles. The monoisotopic (exact) mass is 260 g/mol. The first-order valence-electron chi connectivity index (χ1n) is 7.12. The molecule has 1 aromatic heterocycles. The predicted molar refractivity (Wildman–Crippen MR) is 71.7 cm³/mol. The lowest BCUT2D eigenvalue weighted by Crippen LogP contribution is -2.42. The van der Waals surface area contributed by atoms with Crippen molar-refractivity contribution in [3.63, 3.8) is 0 Å². The van der Waals surface area contributed by atoms with E-state index in [4.69, 9.17) is 0 Å². The van der Waals surface area contributed by atoms with E-state index < -0.39 is 0 Å². The Labute approximate surface area is 113 Å². The normalized spacial score (nSPS) is 23.1. The van der Waals surface area contributed by atoms with Crippen LogP contribution in [0.3, 0.4) is 0 Å². The fourth-order valence-electron chi connectivity index (χ4n) is 2.70. The fourth-order valence-corrected chi connectivity index (χ4v) is 2.70. The number of nitrogens with one attached hydrogen (secondary N) is 1. The summed E-state index contributed by atoms with van der Waals surface area (Å²) in [5.74, 6) is 0.621. The van der Waals surface area contributed by atoms with Gasteiger partial charge in [-0.25, -0.2) is 4.98 Å². The molecular formula is C14H20N4O. The zero-order valence-corrected chi connectivity index (χ0v) is 11.1. The molecule has 1 atom stereocenters. The highest BCUT2D eigenvalue weighted by atomic mass is 16.2. The van der Waals surface area contributed by atoms with Gasteiger partial charge in [-0.15, -0.1) is 0 Å². The summed E-state index contributed by atoms with van der Waals surface area (Å²) in [7, 11) is 0. The van der Waals surface area contributed by atoms with Gasteiger partial charge in [-0.3, -0.25) is 9.78 Å². The van der Waals surface area contributed by atoms with Crippen LogP contribution in [0.25, 0.3) is 0 Å². The van der Waals surface area contributed by atoms with Crippen molar-refractivity contribution < 1.29 is 4.79 Å². The van der Waals surface area contributed by atoms with Crippen LogP contribution in [-0.2, 0) is 0 Å². The van der Waals surface area contributed by atoms with E-state index in [0.717, 1.165) is 32.5 Å². The highest BCUT2D eigenvalue weighted by Crippen LogP contribution is 2.29. The minimum Gasteiger partial charge on any atom is -0.334 e. The highest BCUT2D eigenvalue weighted by molar-refractivity contribution is 5.92.